The molecule has 0 aromatic carbocycles. The zero-order valence-corrected chi connectivity index (χ0v) is 12.9. The molecule has 2 heterocycles. The van der Waals surface area contributed by atoms with Crippen molar-refractivity contribution in [3.05, 3.63) is 0 Å². The van der Waals surface area contributed by atoms with E-state index in [-0.39, 0.29) is 17.9 Å². The fourth-order valence-electron chi connectivity index (χ4n) is 3.04. The number of likely N-dealkylation sites (tertiary alicyclic amines) is 1. The summed E-state index contributed by atoms with van der Waals surface area (Å²) in [4.78, 5) is 28.6. The number of hydrogen-bond donors (Lipinski definition) is 1. The van der Waals surface area contributed by atoms with Gasteiger partial charge in [0.25, 0.3) is 0 Å². The molecule has 2 rings (SSSR count). The third-order valence-electron chi connectivity index (χ3n) is 4.33. The topological polar surface area (TPSA) is 75.9 Å². The van der Waals surface area contributed by atoms with Crippen LogP contribution in [0, 0.1) is 0 Å². The minimum absolute atomic E-state index is 0.0619. The average Bonchev–Trinajstić information content (AvgIpc) is 3.01. The monoisotopic (exact) mass is 297 g/mol. The Hall–Kier alpha value is -1.14. The van der Waals surface area contributed by atoms with Gasteiger partial charge in [0.15, 0.2) is 0 Å². The molecule has 6 nitrogen and oxygen atoms in total. The van der Waals surface area contributed by atoms with Crippen molar-refractivity contribution < 1.29 is 14.3 Å². The highest BCUT2D eigenvalue weighted by Crippen LogP contribution is 2.21. The molecule has 0 aromatic rings. The van der Waals surface area contributed by atoms with Crippen LogP contribution < -0.4 is 5.73 Å². The Labute approximate surface area is 126 Å². The quantitative estimate of drug-likeness (QED) is 0.794. The third-order valence-corrected chi connectivity index (χ3v) is 4.33. The Bertz CT molecular complexity index is 369. The van der Waals surface area contributed by atoms with Crippen LogP contribution in [0.5, 0.6) is 0 Å². The molecule has 0 radical (unpaired) electrons. The van der Waals surface area contributed by atoms with Gasteiger partial charge in [-0.15, -0.1) is 0 Å². The van der Waals surface area contributed by atoms with E-state index in [1.165, 1.54) is 0 Å². The summed E-state index contributed by atoms with van der Waals surface area (Å²) in [5.41, 5.74) is 5.99. The van der Waals surface area contributed by atoms with E-state index < -0.39 is 6.04 Å². The van der Waals surface area contributed by atoms with Crippen LogP contribution in [0.25, 0.3) is 0 Å². The number of carbonyl (C=O) groups is 2. The number of hydrogen-bond acceptors (Lipinski definition) is 4. The molecule has 0 bridgehead atoms. The van der Waals surface area contributed by atoms with Crippen LogP contribution in [0.15, 0.2) is 0 Å². The highest BCUT2D eigenvalue weighted by molar-refractivity contribution is 5.90. The van der Waals surface area contributed by atoms with E-state index in [0.29, 0.717) is 39.3 Å². The summed E-state index contributed by atoms with van der Waals surface area (Å²) in [7, 11) is 0. The minimum Gasteiger partial charge on any atom is -0.378 e. The molecular weight excluding hydrogens is 270 g/mol. The lowest BCUT2D eigenvalue weighted by Crippen LogP contribution is -2.54. The van der Waals surface area contributed by atoms with E-state index in [0.717, 1.165) is 25.7 Å². The first-order chi connectivity index (χ1) is 10.1. The molecule has 0 aromatic heterocycles. The Balaban J connectivity index is 1.95. The molecule has 0 aliphatic carbocycles. The number of ether oxygens (including phenoxy) is 1. The second-order valence-corrected chi connectivity index (χ2v) is 5.88. The van der Waals surface area contributed by atoms with Crippen molar-refractivity contribution in [2.75, 3.05) is 32.8 Å². The fraction of sp³-hybridized carbons (Fsp3) is 0.867. The van der Waals surface area contributed by atoms with E-state index in [9.17, 15) is 9.59 Å². The number of morpholine rings is 1. The Morgan fingerprint density at radius 1 is 1.29 bits per heavy atom. The SMILES string of the molecule is CCCCC(N)C(=O)N1CCCC1C(=O)N1CCOCC1. The molecule has 2 aliphatic heterocycles. The molecule has 2 aliphatic rings. The van der Waals surface area contributed by atoms with E-state index in [2.05, 4.69) is 6.92 Å². The van der Waals surface area contributed by atoms with Gasteiger partial charge in [0, 0.05) is 19.6 Å². The minimum atomic E-state index is -0.469. The first-order valence-electron chi connectivity index (χ1n) is 8.07. The van der Waals surface area contributed by atoms with E-state index in [4.69, 9.17) is 10.5 Å². The summed E-state index contributed by atoms with van der Waals surface area (Å²) in [5, 5.41) is 0. The lowest BCUT2D eigenvalue weighted by molar-refractivity contribution is -0.147. The van der Waals surface area contributed by atoms with Crippen molar-refractivity contribution in [3.8, 4) is 0 Å². The highest BCUT2D eigenvalue weighted by Gasteiger charge is 2.38. The Kier molecular flexibility index (Phi) is 5.99. The summed E-state index contributed by atoms with van der Waals surface area (Å²) < 4.78 is 5.27. The molecule has 2 saturated heterocycles. The summed E-state index contributed by atoms with van der Waals surface area (Å²) >= 11 is 0. The molecule has 21 heavy (non-hydrogen) atoms. The van der Waals surface area contributed by atoms with Crippen molar-refractivity contribution in [1.29, 1.82) is 0 Å². The van der Waals surface area contributed by atoms with Crippen LogP contribution >= 0.6 is 0 Å². The van der Waals surface area contributed by atoms with E-state index >= 15 is 0 Å². The summed E-state index contributed by atoms with van der Waals surface area (Å²) in [6.45, 7) is 5.15. The predicted molar refractivity (Wildman–Crippen MR) is 79.6 cm³/mol. The molecule has 0 saturated carbocycles. The molecule has 2 unspecified atom stereocenters. The maximum atomic E-state index is 12.6. The number of nitrogens with zero attached hydrogens (tertiary/aromatic N) is 2. The predicted octanol–water partition coefficient (Wildman–Crippen LogP) is 0.354. The van der Waals surface area contributed by atoms with Crippen LogP contribution in [-0.2, 0) is 14.3 Å². The maximum Gasteiger partial charge on any atom is 0.245 e. The van der Waals surface area contributed by atoms with E-state index in [1.807, 2.05) is 4.90 Å². The number of unbranched alkanes of at least 4 members (excludes halogenated alkanes) is 1. The van der Waals surface area contributed by atoms with Crippen molar-refractivity contribution in [1.82, 2.24) is 9.80 Å². The zero-order valence-electron chi connectivity index (χ0n) is 12.9. The van der Waals surface area contributed by atoms with Gasteiger partial charge < -0.3 is 20.3 Å². The fourth-order valence-corrected chi connectivity index (χ4v) is 3.04. The summed E-state index contributed by atoms with van der Waals surface area (Å²) in [5.74, 6) is -0.000555. The van der Waals surface area contributed by atoms with Crippen LogP contribution in [0.2, 0.25) is 0 Å². The van der Waals surface area contributed by atoms with Gasteiger partial charge in [0.2, 0.25) is 11.8 Å². The van der Waals surface area contributed by atoms with E-state index in [1.54, 1.807) is 4.90 Å². The molecule has 0 spiro atoms. The summed E-state index contributed by atoms with van der Waals surface area (Å²) in [6, 6.07) is -0.786. The van der Waals surface area contributed by atoms with Gasteiger partial charge in [0.1, 0.15) is 6.04 Å². The molecule has 6 heteroatoms. The smallest absolute Gasteiger partial charge is 0.245 e. The first-order valence-corrected chi connectivity index (χ1v) is 8.07. The number of nitrogens with two attached hydrogens (primary N) is 1. The second kappa shape index (κ2) is 7.75. The molecule has 2 N–H and O–H groups in total. The second-order valence-electron chi connectivity index (χ2n) is 5.88. The molecule has 120 valence electrons. The van der Waals surface area contributed by atoms with Crippen molar-refractivity contribution >= 4 is 11.8 Å². The van der Waals surface area contributed by atoms with Gasteiger partial charge in [-0.25, -0.2) is 0 Å². The van der Waals surface area contributed by atoms with Crippen molar-refractivity contribution in [2.45, 2.75) is 51.1 Å². The zero-order chi connectivity index (χ0) is 15.2. The largest absolute Gasteiger partial charge is 0.378 e. The number of rotatable bonds is 5. The lowest BCUT2D eigenvalue weighted by atomic mass is 10.1. The van der Waals surface area contributed by atoms with Gasteiger partial charge >= 0.3 is 0 Å². The maximum absolute atomic E-state index is 12.6. The van der Waals surface area contributed by atoms with Gasteiger partial charge in [-0.1, -0.05) is 19.8 Å². The van der Waals surface area contributed by atoms with Crippen LogP contribution in [0.1, 0.15) is 39.0 Å². The average molecular weight is 297 g/mol. The Morgan fingerprint density at radius 2 is 2.00 bits per heavy atom. The van der Waals surface area contributed by atoms with Gasteiger partial charge in [-0.2, -0.15) is 0 Å². The van der Waals surface area contributed by atoms with Crippen molar-refractivity contribution in [3.63, 3.8) is 0 Å². The van der Waals surface area contributed by atoms with Crippen LogP contribution in [-0.4, -0.2) is 66.5 Å². The molecule has 2 fully saturated rings. The normalized spacial score (nSPS) is 24.2. The van der Waals surface area contributed by atoms with Gasteiger partial charge in [-0.3, -0.25) is 9.59 Å². The molecule has 2 amide bonds. The standard InChI is InChI=1S/C15H27N3O3/c1-2-3-5-12(16)14(19)18-7-4-6-13(18)15(20)17-8-10-21-11-9-17/h12-13H,2-11,16H2,1H3. The highest BCUT2D eigenvalue weighted by atomic mass is 16.5. The summed E-state index contributed by atoms with van der Waals surface area (Å²) in [6.07, 6.45) is 4.31. The third kappa shape index (κ3) is 3.95. The number of amides is 2. The van der Waals surface area contributed by atoms with Gasteiger partial charge in [-0.05, 0) is 19.3 Å². The molecule has 2 atom stereocenters. The lowest BCUT2D eigenvalue weighted by Gasteiger charge is -2.33. The Morgan fingerprint density at radius 3 is 2.67 bits per heavy atom. The van der Waals surface area contributed by atoms with Crippen molar-refractivity contribution in [2.24, 2.45) is 5.73 Å². The molecular formula is C15H27N3O3. The van der Waals surface area contributed by atoms with Crippen LogP contribution in [0.3, 0.4) is 0 Å². The van der Waals surface area contributed by atoms with Gasteiger partial charge in [0.05, 0.1) is 19.3 Å². The number of carbonyl (C=O) groups excluding carboxylic acids is 2. The first kappa shape index (κ1) is 16.2. The van der Waals surface area contributed by atoms with Crippen LogP contribution in [0.4, 0.5) is 0 Å².